The third-order valence-electron chi connectivity index (χ3n) is 5.25. The molecule has 3 heterocycles. The van der Waals surface area contributed by atoms with Crippen molar-refractivity contribution in [2.45, 2.75) is 6.54 Å². The number of hydrogen-bond acceptors (Lipinski definition) is 7. The number of methoxy groups -OCH3 is 1. The predicted molar refractivity (Wildman–Crippen MR) is 116 cm³/mol. The number of rotatable bonds is 6. The number of anilines is 1. The Labute approximate surface area is 184 Å². The molecule has 0 bridgehead atoms. The van der Waals surface area contributed by atoms with E-state index in [-0.39, 0.29) is 24.9 Å². The van der Waals surface area contributed by atoms with Crippen LogP contribution in [-0.2, 0) is 16.1 Å². The molecule has 0 saturated carbocycles. The average Bonchev–Trinajstić information content (AvgIpc) is 3.38. The molecule has 0 spiro atoms. The molecule has 2 aromatic carbocycles. The Bertz CT molecular complexity index is 1220. The molecule has 8 nitrogen and oxygen atoms in total. The van der Waals surface area contributed by atoms with Gasteiger partial charge in [-0.05, 0) is 41.5 Å². The van der Waals surface area contributed by atoms with E-state index in [1.165, 1.54) is 4.90 Å². The lowest BCUT2D eigenvalue weighted by Gasteiger charge is -2.15. The van der Waals surface area contributed by atoms with Crippen LogP contribution >= 0.6 is 0 Å². The highest BCUT2D eigenvalue weighted by Crippen LogP contribution is 2.37. The Hall–Kier alpha value is -4.33. The Morgan fingerprint density at radius 1 is 1.03 bits per heavy atom. The highest BCUT2D eigenvalue weighted by molar-refractivity contribution is 6.36. The first-order valence-corrected chi connectivity index (χ1v) is 9.94. The molecule has 0 radical (unpaired) electrons. The van der Waals surface area contributed by atoms with Gasteiger partial charge in [-0.2, -0.15) is 0 Å². The maximum atomic E-state index is 13.4. The van der Waals surface area contributed by atoms with Crippen molar-refractivity contribution in [1.29, 1.82) is 0 Å². The van der Waals surface area contributed by atoms with Crippen molar-refractivity contribution in [2.75, 3.05) is 19.2 Å². The highest BCUT2D eigenvalue weighted by atomic mass is 16.7. The van der Waals surface area contributed by atoms with Gasteiger partial charge in [0.05, 0.1) is 19.2 Å². The number of imide groups is 1. The highest BCUT2D eigenvalue weighted by Gasteiger charge is 2.39. The number of pyridine rings is 1. The summed E-state index contributed by atoms with van der Waals surface area (Å²) < 4.78 is 16.0. The normalized spacial score (nSPS) is 14.8. The molecular formula is C24H19N3O5. The first-order valence-electron chi connectivity index (χ1n) is 9.94. The number of ether oxygens (including phenoxy) is 3. The van der Waals surface area contributed by atoms with Crippen molar-refractivity contribution in [2.24, 2.45) is 0 Å². The molecule has 160 valence electrons. The second kappa shape index (κ2) is 8.07. The number of benzene rings is 2. The zero-order chi connectivity index (χ0) is 22.1. The quantitative estimate of drug-likeness (QED) is 0.602. The molecule has 1 N–H and O–H groups in total. The van der Waals surface area contributed by atoms with Gasteiger partial charge in [0.2, 0.25) is 6.79 Å². The lowest BCUT2D eigenvalue weighted by Crippen LogP contribution is -2.32. The summed E-state index contributed by atoms with van der Waals surface area (Å²) in [5.41, 5.74) is 2.47. The van der Waals surface area contributed by atoms with Crippen molar-refractivity contribution < 1.29 is 23.8 Å². The van der Waals surface area contributed by atoms with Crippen LogP contribution in [0.2, 0.25) is 0 Å². The first kappa shape index (κ1) is 19.6. The molecule has 2 aliphatic heterocycles. The fraction of sp³-hybridized carbons (Fsp3) is 0.125. The monoisotopic (exact) mass is 429 g/mol. The van der Waals surface area contributed by atoms with Gasteiger partial charge in [0, 0.05) is 24.1 Å². The molecule has 3 aromatic rings. The van der Waals surface area contributed by atoms with Gasteiger partial charge in [0.1, 0.15) is 11.4 Å². The maximum Gasteiger partial charge on any atom is 0.278 e. The van der Waals surface area contributed by atoms with E-state index in [9.17, 15) is 9.59 Å². The standard InChI is InChI=1S/C24H19N3O5/c1-30-18-7-4-16(5-8-18)21-22(26-17-6-9-19-20(11-17)32-14-31-19)24(29)27(23(21)28)13-15-3-2-10-25-12-15/h2-12,26H,13-14H2,1H3. The van der Waals surface area contributed by atoms with Crippen molar-refractivity contribution in [3.63, 3.8) is 0 Å². The molecule has 32 heavy (non-hydrogen) atoms. The number of nitrogens with one attached hydrogen (secondary N) is 1. The van der Waals surface area contributed by atoms with Gasteiger partial charge in [-0.25, -0.2) is 0 Å². The number of hydrogen-bond donors (Lipinski definition) is 1. The summed E-state index contributed by atoms with van der Waals surface area (Å²) in [7, 11) is 1.57. The molecule has 0 atom stereocenters. The van der Waals surface area contributed by atoms with Gasteiger partial charge in [-0.15, -0.1) is 0 Å². The Balaban J connectivity index is 1.53. The fourth-order valence-electron chi connectivity index (χ4n) is 3.65. The summed E-state index contributed by atoms with van der Waals surface area (Å²) in [5, 5.41) is 3.13. The Morgan fingerprint density at radius 2 is 1.84 bits per heavy atom. The van der Waals surface area contributed by atoms with Crippen molar-refractivity contribution >= 4 is 23.1 Å². The van der Waals surface area contributed by atoms with E-state index in [0.29, 0.717) is 34.1 Å². The smallest absolute Gasteiger partial charge is 0.278 e. The van der Waals surface area contributed by atoms with E-state index < -0.39 is 5.91 Å². The average molecular weight is 429 g/mol. The van der Waals surface area contributed by atoms with Crippen LogP contribution in [-0.4, -0.2) is 35.6 Å². The van der Waals surface area contributed by atoms with Gasteiger partial charge in [-0.3, -0.25) is 19.5 Å². The van der Waals surface area contributed by atoms with Crippen LogP contribution in [0.3, 0.4) is 0 Å². The van der Waals surface area contributed by atoms with E-state index in [1.807, 2.05) is 6.07 Å². The molecule has 0 unspecified atom stereocenters. The predicted octanol–water partition coefficient (Wildman–Crippen LogP) is 3.21. The van der Waals surface area contributed by atoms with Crippen LogP contribution in [0.15, 0.2) is 72.7 Å². The minimum Gasteiger partial charge on any atom is -0.497 e. The fourth-order valence-corrected chi connectivity index (χ4v) is 3.65. The maximum absolute atomic E-state index is 13.4. The number of nitrogens with zero attached hydrogens (tertiary/aromatic N) is 2. The molecule has 0 saturated heterocycles. The summed E-state index contributed by atoms with van der Waals surface area (Å²) >= 11 is 0. The number of aromatic nitrogens is 1. The molecule has 5 rings (SSSR count). The number of amides is 2. The minimum atomic E-state index is -0.415. The Morgan fingerprint density at radius 3 is 2.59 bits per heavy atom. The summed E-state index contributed by atoms with van der Waals surface area (Å²) in [6.45, 7) is 0.270. The minimum absolute atomic E-state index is 0.123. The molecule has 1 aromatic heterocycles. The van der Waals surface area contributed by atoms with Gasteiger partial charge in [0.15, 0.2) is 11.5 Å². The van der Waals surface area contributed by atoms with Crippen LogP contribution in [0.1, 0.15) is 11.1 Å². The molecule has 0 fully saturated rings. The van der Waals surface area contributed by atoms with Gasteiger partial charge < -0.3 is 19.5 Å². The Kier molecular flexibility index (Phi) is 4.95. The zero-order valence-corrected chi connectivity index (χ0v) is 17.2. The largest absolute Gasteiger partial charge is 0.497 e. The number of carbonyl (C=O) groups is 2. The van der Waals surface area contributed by atoms with Crippen LogP contribution in [0.4, 0.5) is 5.69 Å². The summed E-state index contributed by atoms with van der Waals surface area (Å²) in [4.78, 5) is 32.0. The van der Waals surface area contributed by atoms with Gasteiger partial charge in [0.25, 0.3) is 11.8 Å². The van der Waals surface area contributed by atoms with Crippen LogP contribution < -0.4 is 19.5 Å². The van der Waals surface area contributed by atoms with Crippen LogP contribution in [0.25, 0.3) is 5.57 Å². The van der Waals surface area contributed by atoms with E-state index in [4.69, 9.17) is 14.2 Å². The summed E-state index contributed by atoms with van der Waals surface area (Å²) in [6.07, 6.45) is 3.28. The van der Waals surface area contributed by atoms with E-state index in [2.05, 4.69) is 10.3 Å². The zero-order valence-electron chi connectivity index (χ0n) is 17.2. The second-order valence-corrected chi connectivity index (χ2v) is 7.23. The topological polar surface area (TPSA) is 90.0 Å². The molecule has 0 aliphatic carbocycles. The van der Waals surface area contributed by atoms with Crippen LogP contribution in [0, 0.1) is 0 Å². The van der Waals surface area contributed by atoms with E-state index >= 15 is 0 Å². The lowest BCUT2D eigenvalue weighted by molar-refractivity contribution is -0.137. The third-order valence-corrected chi connectivity index (χ3v) is 5.25. The molecular weight excluding hydrogens is 410 g/mol. The molecule has 2 amide bonds. The van der Waals surface area contributed by atoms with E-state index in [1.54, 1.807) is 68.0 Å². The third kappa shape index (κ3) is 3.51. The van der Waals surface area contributed by atoms with Crippen molar-refractivity contribution in [1.82, 2.24) is 9.88 Å². The SMILES string of the molecule is COc1ccc(C2=C(Nc3ccc4c(c3)OCO4)C(=O)N(Cc3cccnc3)C2=O)cc1. The van der Waals surface area contributed by atoms with Gasteiger partial charge >= 0.3 is 0 Å². The van der Waals surface area contributed by atoms with E-state index in [0.717, 1.165) is 5.56 Å². The van der Waals surface area contributed by atoms with Crippen molar-refractivity contribution in [3.8, 4) is 17.2 Å². The second-order valence-electron chi connectivity index (χ2n) is 7.23. The molecule has 8 heteroatoms. The summed E-state index contributed by atoms with van der Waals surface area (Å²) in [5.74, 6) is 1.07. The number of carbonyl (C=O) groups excluding carboxylic acids is 2. The van der Waals surface area contributed by atoms with Gasteiger partial charge in [-0.1, -0.05) is 18.2 Å². The lowest BCUT2D eigenvalue weighted by atomic mass is 10.0. The molecule has 2 aliphatic rings. The summed E-state index contributed by atoms with van der Waals surface area (Å²) in [6, 6.07) is 15.9. The number of fused-ring (bicyclic) bond motifs is 1. The van der Waals surface area contributed by atoms with Crippen molar-refractivity contribution in [3.05, 3.63) is 83.8 Å². The first-order chi connectivity index (χ1) is 15.6. The van der Waals surface area contributed by atoms with Crippen LogP contribution in [0.5, 0.6) is 17.2 Å².